The minimum Gasteiger partial charge on any atom is -0.497 e. The Kier molecular flexibility index (Phi) is 4.74. The average Bonchev–Trinajstić information content (AvgIpc) is 2.49. The number of hydrogen-bond donors (Lipinski definition) is 1. The Morgan fingerprint density at radius 3 is 2.75 bits per heavy atom. The van der Waals surface area contributed by atoms with Crippen molar-refractivity contribution >= 4 is 17.3 Å². The first kappa shape index (κ1) is 14.5. The number of carbonyl (C=O) groups excluding carboxylic acids is 2. The first-order chi connectivity index (χ1) is 9.67. The van der Waals surface area contributed by atoms with E-state index in [1.165, 1.54) is 0 Å². The molecule has 5 nitrogen and oxygen atoms in total. The van der Waals surface area contributed by atoms with Gasteiger partial charge in [0.25, 0.3) is 0 Å². The fourth-order valence-electron chi connectivity index (χ4n) is 2.05. The van der Waals surface area contributed by atoms with E-state index >= 15 is 0 Å². The van der Waals surface area contributed by atoms with Crippen LogP contribution in [-0.4, -0.2) is 37.4 Å². The number of carbonyl (C=O) groups is 2. The summed E-state index contributed by atoms with van der Waals surface area (Å²) in [5.41, 5.74) is 0.735. The Hall–Kier alpha value is -1.88. The molecule has 1 aliphatic rings. The van der Waals surface area contributed by atoms with Crippen molar-refractivity contribution in [1.29, 1.82) is 0 Å². The lowest BCUT2D eigenvalue weighted by Crippen LogP contribution is -2.62. The van der Waals surface area contributed by atoms with Crippen LogP contribution in [0, 0.1) is 0 Å². The van der Waals surface area contributed by atoms with E-state index in [0.717, 1.165) is 18.5 Å². The summed E-state index contributed by atoms with van der Waals surface area (Å²) in [7, 11) is 1.58. The van der Waals surface area contributed by atoms with E-state index in [2.05, 4.69) is 5.32 Å². The highest BCUT2D eigenvalue weighted by molar-refractivity contribution is 6.49. The van der Waals surface area contributed by atoms with Crippen LogP contribution in [0.4, 0.5) is 5.69 Å². The molecular weight excluding hydrogens is 258 g/mol. The zero-order valence-corrected chi connectivity index (χ0v) is 11.7. The molecular formula is C15H19NO4. The Morgan fingerprint density at radius 1 is 1.25 bits per heavy atom. The van der Waals surface area contributed by atoms with E-state index in [0.29, 0.717) is 12.4 Å². The van der Waals surface area contributed by atoms with Crippen molar-refractivity contribution in [3.05, 3.63) is 24.3 Å². The number of ether oxygens (including phenoxy) is 2. The third-order valence-electron chi connectivity index (χ3n) is 3.27. The lowest BCUT2D eigenvalue weighted by atomic mass is 9.85. The zero-order valence-electron chi connectivity index (χ0n) is 11.7. The second-order valence-corrected chi connectivity index (χ2v) is 4.73. The second kappa shape index (κ2) is 6.52. The molecule has 2 unspecified atom stereocenters. The van der Waals surface area contributed by atoms with Crippen LogP contribution >= 0.6 is 0 Å². The number of anilines is 1. The Balaban J connectivity index is 1.99. The molecule has 1 N–H and O–H groups in total. The van der Waals surface area contributed by atoms with Crippen LogP contribution in [0.5, 0.6) is 5.75 Å². The van der Waals surface area contributed by atoms with Crippen LogP contribution in [0.15, 0.2) is 24.3 Å². The third kappa shape index (κ3) is 2.99. The lowest BCUT2D eigenvalue weighted by Gasteiger charge is -2.34. The number of rotatable bonds is 7. The number of Topliss-reactive ketones (excluding diaryl/α,β-unsaturated/α-hetero) is 2. The van der Waals surface area contributed by atoms with Crippen molar-refractivity contribution in [3.8, 4) is 5.75 Å². The van der Waals surface area contributed by atoms with E-state index < -0.39 is 23.7 Å². The number of nitrogens with one attached hydrogen (secondary N) is 1. The molecule has 2 atom stereocenters. The molecule has 0 aliphatic heterocycles. The third-order valence-corrected chi connectivity index (χ3v) is 3.27. The number of unbranched alkanes of at least 4 members (excludes halogenated alkanes) is 1. The van der Waals surface area contributed by atoms with Gasteiger partial charge in [-0.3, -0.25) is 9.59 Å². The van der Waals surface area contributed by atoms with Gasteiger partial charge in [0.15, 0.2) is 6.10 Å². The molecule has 0 amide bonds. The summed E-state index contributed by atoms with van der Waals surface area (Å²) in [5, 5.41) is 3.03. The van der Waals surface area contributed by atoms with Crippen LogP contribution in [0.2, 0.25) is 0 Å². The highest BCUT2D eigenvalue weighted by Crippen LogP contribution is 2.24. The van der Waals surface area contributed by atoms with Crippen LogP contribution in [0.25, 0.3) is 0 Å². The van der Waals surface area contributed by atoms with Gasteiger partial charge in [0.05, 0.1) is 7.11 Å². The normalized spacial score (nSPS) is 21.5. The molecule has 2 rings (SSSR count). The van der Waals surface area contributed by atoms with E-state index in [1.807, 2.05) is 25.1 Å². The smallest absolute Gasteiger partial charge is 0.231 e. The Morgan fingerprint density at radius 2 is 2.05 bits per heavy atom. The van der Waals surface area contributed by atoms with Gasteiger partial charge < -0.3 is 14.8 Å². The number of ketones is 2. The van der Waals surface area contributed by atoms with Crippen LogP contribution < -0.4 is 10.1 Å². The Bertz CT molecular complexity index is 500. The summed E-state index contributed by atoms with van der Waals surface area (Å²) >= 11 is 0. The number of benzene rings is 1. The van der Waals surface area contributed by atoms with Crippen molar-refractivity contribution in [2.45, 2.75) is 31.9 Å². The molecule has 0 spiro atoms. The minimum atomic E-state index is -0.666. The molecule has 0 radical (unpaired) electrons. The molecule has 20 heavy (non-hydrogen) atoms. The average molecular weight is 277 g/mol. The van der Waals surface area contributed by atoms with Gasteiger partial charge in [0, 0.05) is 18.4 Å². The summed E-state index contributed by atoms with van der Waals surface area (Å²) in [6.07, 6.45) is 1.20. The fourth-order valence-corrected chi connectivity index (χ4v) is 2.05. The molecule has 108 valence electrons. The fraction of sp³-hybridized carbons (Fsp3) is 0.467. The summed E-state index contributed by atoms with van der Waals surface area (Å²) < 4.78 is 10.6. The van der Waals surface area contributed by atoms with E-state index in [9.17, 15) is 9.59 Å². The first-order valence-electron chi connectivity index (χ1n) is 6.77. The quantitative estimate of drug-likeness (QED) is 0.608. The van der Waals surface area contributed by atoms with Crippen LogP contribution in [-0.2, 0) is 14.3 Å². The summed E-state index contributed by atoms with van der Waals surface area (Å²) in [4.78, 5) is 23.2. The van der Waals surface area contributed by atoms with E-state index in [-0.39, 0.29) is 0 Å². The molecule has 0 heterocycles. The molecule has 5 heteroatoms. The SMILES string of the molecule is CCCCOC1C(=O)C(=O)C1Nc1cccc(OC)c1. The van der Waals surface area contributed by atoms with Crippen molar-refractivity contribution in [3.63, 3.8) is 0 Å². The Labute approximate surface area is 118 Å². The van der Waals surface area contributed by atoms with E-state index in [1.54, 1.807) is 13.2 Å². The molecule has 1 saturated carbocycles. The van der Waals surface area contributed by atoms with Crippen LogP contribution in [0.3, 0.4) is 0 Å². The summed E-state index contributed by atoms with van der Waals surface area (Å²) in [6.45, 7) is 2.54. The predicted molar refractivity (Wildman–Crippen MR) is 75.1 cm³/mol. The molecule has 0 saturated heterocycles. The standard InChI is InChI=1S/C15H19NO4/c1-3-4-8-20-15-12(13(17)14(15)18)16-10-6-5-7-11(9-10)19-2/h5-7,9,12,15-16H,3-4,8H2,1-2H3. The molecule has 1 aromatic rings. The van der Waals surface area contributed by atoms with E-state index in [4.69, 9.17) is 9.47 Å². The minimum absolute atomic E-state index is 0.422. The van der Waals surface area contributed by atoms with Crippen molar-refractivity contribution in [2.75, 3.05) is 19.0 Å². The largest absolute Gasteiger partial charge is 0.497 e. The van der Waals surface area contributed by atoms with Gasteiger partial charge >= 0.3 is 0 Å². The molecule has 1 aromatic carbocycles. The monoisotopic (exact) mass is 277 g/mol. The second-order valence-electron chi connectivity index (χ2n) is 4.73. The maximum atomic E-state index is 11.6. The number of methoxy groups -OCH3 is 1. The predicted octanol–water partition coefficient (Wildman–Crippen LogP) is 1.81. The van der Waals surface area contributed by atoms with Crippen molar-refractivity contribution in [1.82, 2.24) is 0 Å². The van der Waals surface area contributed by atoms with Crippen LogP contribution in [0.1, 0.15) is 19.8 Å². The summed E-state index contributed by atoms with van der Waals surface area (Å²) in [5.74, 6) is -0.174. The molecule has 1 fully saturated rings. The highest BCUT2D eigenvalue weighted by Gasteiger charge is 2.50. The highest BCUT2D eigenvalue weighted by atomic mass is 16.5. The van der Waals surface area contributed by atoms with Gasteiger partial charge in [-0.1, -0.05) is 19.4 Å². The van der Waals surface area contributed by atoms with Gasteiger partial charge in [-0.05, 0) is 18.6 Å². The summed E-state index contributed by atoms with van der Waals surface area (Å²) in [6, 6.07) is 6.64. The maximum absolute atomic E-state index is 11.6. The maximum Gasteiger partial charge on any atom is 0.231 e. The van der Waals surface area contributed by atoms with Crippen molar-refractivity contribution < 1.29 is 19.1 Å². The van der Waals surface area contributed by atoms with Gasteiger partial charge in [-0.25, -0.2) is 0 Å². The first-order valence-corrected chi connectivity index (χ1v) is 6.77. The molecule has 0 bridgehead atoms. The van der Waals surface area contributed by atoms with Gasteiger partial charge in [0.2, 0.25) is 11.6 Å². The molecule has 1 aliphatic carbocycles. The zero-order chi connectivity index (χ0) is 14.5. The molecule has 0 aromatic heterocycles. The van der Waals surface area contributed by atoms with Crippen molar-refractivity contribution in [2.24, 2.45) is 0 Å². The topological polar surface area (TPSA) is 64.6 Å². The van der Waals surface area contributed by atoms with Gasteiger partial charge in [-0.15, -0.1) is 0 Å². The van der Waals surface area contributed by atoms with Gasteiger partial charge in [-0.2, -0.15) is 0 Å². The lowest BCUT2D eigenvalue weighted by molar-refractivity contribution is -0.156. The van der Waals surface area contributed by atoms with Gasteiger partial charge in [0.1, 0.15) is 11.8 Å². The number of hydrogen-bond acceptors (Lipinski definition) is 5.